The van der Waals surface area contributed by atoms with Crippen LogP contribution < -0.4 is 10.9 Å². The molecule has 0 saturated heterocycles. The van der Waals surface area contributed by atoms with Crippen molar-refractivity contribution in [3.63, 3.8) is 0 Å². The van der Waals surface area contributed by atoms with Gasteiger partial charge in [0.1, 0.15) is 5.39 Å². The molecule has 3 N–H and O–H groups in total. The zero-order valence-electron chi connectivity index (χ0n) is 11.8. The van der Waals surface area contributed by atoms with Gasteiger partial charge in [0.15, 0.2) is 5.65 Å². The van der Waals surface area contributed by atoms with E-state index in [1.165, 1.54) is 31.9 Å². The number of aromatic amines is 2. The van der Waals surface area contributed by atoms with Crippen LogP contribution in [0.1, 0.15) is 45.4 Å². The van der Waals surface area contributed by atoms with E-state index < -0.39 is 0 Å². The summed E-state index contributed by atoms with van der Waals surface area (Å²) < 4.78 is 0. The van der Waals surface area contributed by atoms with Crippen LogP contribution in [0.25, 0.3) is 11.0 Å². The third-order valence-electron chi connectivity index (χ3n) is 4.21. The highest BCUT2D eigenvalue weighted by atomic mass is 16.1. The highest BCUT2D eigenvalue weighted by Gasteiger charge is 2.25. The van der Waals surface area contributed by atoms with Crippen molar-refractivity contribution in [1.82, 2.24) is 20.2 Å². The Hall–Kier alpha value is -1.85. The Labute approximate surface area is 117 Å². The van der Waals surface area contributed by atoms with Gasteiger partial charge in [0.2, 0.25) is 5.95 Å². The summed E-state index contributed by atoms with van der Waals surface area (Å²) in [5.74, 6) is 1.25. The maximum absolute atomic E-state index is 11.9. The normalized spacial score (nSPS) is 17.6. The van der Waals surface area contributed by atoms with Gasteiger partial charge in [-0.3, -0.25) is 14.9 Å². The van der Waals surface area contributed by atoms with Gasteiger partial charge in [-0.25, -0.2) is 0 Å². The molecule has 2 aromatic rings. The Morgan fingerprint density at radius 3 is 3.00 bits per heavy atom. The second kappa shape index (κ2) is 5.64. The van der Waals surface area contributed by atoms with E-state index in [1.807, 2.05) is 0 Å². The molecule has 1 saturated carbocycles. The molecule has 0 aromatic carbocycles. The molecule has 20 heavy (non-hydrogen) atoms. The van der Waals surface area contributed by atoms with Gasteiger partial charge in [0.05, 0.1) is 6.20 Å². The first-order valence-corrected chi connectivity index (χ1v) is 7.48. The molecule has 0 aliphatic heterocycles. The minimum Gasteiger partial charge on any atom is -0.353 e. The molecule has 0 bridgehead atoms. The molecule has 1 atom stereocenters. The van der Waals surface area contributed by atoms with E-state index in [1.54, 1.807) is 0 Å². The van der Waals surface area contributed by atoms with E-state index >= 15 is 0 Å². The van der Waals surface area contributed by atoms with E-state index in [0.717, 1.165) is 12.8 Å². The van der Waals surface area contributed by atoms with Gasteiger partial charge in [0, 0.05) is 6.04 Å². The van der Waals surface area contributed by atoms with E-state index in [0.29, 0.717) is 28.9 Å². The van der Waals surface area contributed by atoms with Crippen molar-refractivity contribution >= 4 is 17.0 Å². The van der Waals surface area contributed by atoms with Gasteiger partial charge in [-0.1, -0.05) is 26.2 Å². The molecule has 1 unspecified atom stereocenters. The first kappa shape index (κ1) is 13.1. The maximum atomic E-state index is 11.9. The van der Waals surface area contributed by atoms with Gasteiger partial charge in [-0.2, -0.15) is 10.1 Å². The van der Waals surface area contributed by atoms with Gasteiger partial charge < -0.3 is 5.32 Å². The standard InChI is InChI=1S/C14H21N5O/c1-2-5-11(9-6-3-4-7-9)16-14-17-12-10(8-15-19-12)13(20)18-14/h8-9,11H,2-7H2,1H3,(H3,15,16,17,18,19,20). The van der Waals surface area contributed by atoms with Gasteiger partial charge in [-0.05, 0) is 25.2 Å². The first-order valence-electron chi connectivity index (χ1n) is 7.48. The fourth-order valence-electron chi connectivity index (χ4n) is 3.19. The van der Waals surface area contributed by atoms with Crippen molar-refractivity contribution in [2.45, 2.75) is 51.5 Å². The number of aromatic nitrogens is 4. The van der Waals surface area contributed by atoms with Crippen molar-refractivity contribution in [3.8, 4) is 0 Å². The molecule has 108 valence electrons. The van der Waals surface area contributed by atoms with Crippen molar-refractivity contribution in [2.75, 3.05) is 5.32 Å². The highest BCUT2D eigenvalue weighted by Crippen LogP contribution is 2.30. The molecule has 6 nitrogen and oxygen atoms in total. The van der Waals surface area contributed by atoms with Crippen LogP contribution in [0.5, 0.6) is 0 Å². The monoisotopic (exact) mass is 275 g/mol. The zero-order chi connectivity index (χ0) is 13.9. The minimum absolute atomic E-state index is 0.145. The quantitative estimate of drug-likeness (QED) is 0.782. The summed E-state index contributed by atoms with van der Waals surface area (Å²) in [6.45, 7) is 2.19. The molecule has 1 aliphatic carbocycles. The molecule has 0 radical (unpaired) electrons. The molecule has 1 fully saturated rings. The second-order valence-corrected chi connectivity index (χ2v) is 5.63. The van der Waals surface area contributed by atoms with E-state index in [9.17, 15) is 4.79 Å². The zero-order valence-corrected chi connectivity index (χ0v) is 11.8. The van der Waals surface area contributed by atoms with Crippen LogP contribution in [-0.4, -0.2) is 26.2 Å². The Morgan fingerprint density at radius 2 is 2.25 bits per heavy atom. The van der Waals surface area contributed by atoms with Crippen LogP contribution in [0.2, 0.25) is 0 Å². The Morgan fingerprint density at radius 1 is 1.45 bits per heavy atom. The summed E-state index contributed by atoms with van der Waals surface area (Å²) in [6.07, 6.45) is 8.92. The van der Waals surface area contributed by atoms with Gasteiger partial charge in [-0.15, -0.1) is 0 Å². The lowest BCUT2D eigenvalue weighted by molar-refractivity contribution is 0.429. The van der Waals surface area contributed by atoms with E-state index in [4.69, 9.17) is 0 Å². The molecular weight excluding hydrogens is 254 g/mol. The predicted octanol–water partition coefficient (Wildman–Crippen LogP) is 2.42. The molecule has 0 spiro atoms. The fraction of sp³-hybridized carbons (Fsp3) is 0.643. The Kier molecular flexibility index (Phi) is 3.71. The van der Waals surface area contributed by atoms with Crippen molar-refractivity contribution in [1.29, 1.82) is 0 Å². The molecule has 0 amide bonds. The van der Waals surface area contributed by atoms with E-state index in [-0.39, 0.29) is 5.56 Å². The van der Waals surface area contributed by atoms with Crippen LogP contribution in [0.3, 0.4) is 0 Å². The topological polar surface area (TPSA) is 86.5 Å². The number of hydrogen-bond acceptors (Lipinski definition) is 4. The van der Waals surface area contributed by atoms with Crippen molar-refractivity contribution < 1.29 is 0 Å². The lowest BCUT2D eigenvalue weighted by Crippen LogP contribution is -2.29. The SMILES string of the molecule is CCCC(Nc1nc2[nH]ncc2c(=O)[nH]1)C1CCCC1. The van der Waals surface area contributed by atoms with Crippen molar-refractivity contribution in [3.05, 3.63) is 16.6 Å². The fourth-order valence-corrected chi connectivity index (χ4v) is 3.19. The molecule has 2 aromatic heterocycles. The van der Waals surface area contributed by atoms with Crippen LogP contribution in [0.15, 0.2) is 11.0 Å². The maximum Gasteiger partial charge on any atom is 0.263 e. The minimum atomic E-state index is -0.145. The molecule has 6 heteroatoms. The average molecular weight is 275 g/mol. The third-order valence-corrected chi connectivity index (χ3v) is 4.21. The van der Waals surface area contributed by atoms with Crippen LogP contribution >= 0.6 is 0 Å². The number of anilines is 1. The summed E-state index contributed by atoms with van der Waals surface area (Å²) in [5.41, 5.74) is 0.394. The number of nitrogens with one attached hydrogen (secondary N) is 3. The summed E-state index contributed by atoms with van der Waals surface area (Å²) in [7, 11) is 0. The summed E-state index contributed by atoms with van der Waals surface area (Å²) >= 11 is 0. The van der Waals surface area contributed by atoms with Crippen LogP contribution in [0, 0.1) is 5.92 Å². The van der Waals surface area contributed by atoms with Gasteiger partial charge >= 0.3 is 0 Å². The Bertz CT molecular complexity index is 626. The average Bonchev–Trinajstić information content (AvgIpc) is 3.09. The summed E-state index contributed by atoms with van der Waals surface area (Å²) in [4.78, 5) is 19.1. The number of H-pyrrole nitrogens is 2. The first-order chi connectivity index (χ1) is 9.78. The highest BCUT2D eigenvalue weighted by molar-refractivity contribution is 5.73. The molecular formula is C14H21N5O. The number of rotatable bonds is 5. The van der Waals surface area contributed by atoms with E-state index in [2.05, 4.69) is 32.4 Å². The molecule has 2 heterocycles. The van der Waals surface area contributed by atoms with Crippen LogP contribution in [-0.2, 0) is 0 Å². The lowest BCUT2D eigenvalue weighted by atomic mass is 9.94. The smallest absolute Gasteiger partial charge is 0.263 e. The number of nitrogens with zero attached hydrogens (tertiary/aromatic N) is 2. The van der Waals surface area contributed by atoms with Crippen LogP contribution in [0.4, 0.5) is 5.95 Å². The number of hydrogen-bond donors (Lipinski definition) is 3. The summed E-state index contributed by atoms with van der Waals surface area (Å²) in [6, 6.07) is 0.394. The number of fused-ring (bicyclic) bond motifs is 1. The summed E-state index contributed by atoms with van der Waals surface area (Å²) in [5, 5.41) is 10.5. The largest absolute Gasteiger partial charge is 0.353 e. The predicted molar refractivity (Wildman–Crippen MR) is 78.8 cm³/mol. The molecule has 3 rings (SSSR count). The Balaban J connectivity index is 1.83. The second-order valence-electron chi connectivity index (χ2n) is 5.63. The third kappa shape index (κ3) is 2.55. The van der Waals surface area contributed by atoms with Crippen molar-refractivity contribution in [2.24, 2.45) is 5.92 Å². The lowest BCUT2D eigenvalue weighted by Gasteiger charge is -2.24. The van der Waals surface area contributed by atoms with Gasteiger partial charge in [0.25, 0.3) is 5.56 Å². The molecule has 1 aliphatic rings.